The molecule has 0 aliphatic carbocycles. The number of nitrogens with two attached hydrogens (primary N) is 1. The van der Waals surface area contributed by atoms with Gasteiger partial charge in [0.2, 0.25) is 0 Å². The Kier molecular flexibility index (Phi) is 4.19. The molecule has 2 heterocycles. The number of carbonyl (C=O) groups is 1. The molecule has 0 unspecified atom stereocenters. The Morgan fingerprint density at radius 3 is 3.17 bits per heavy atom. The van der Waals surface area contributed by atoms with E-state index in [1.165, 1.54) is 5.69 Å². The van der Waals surface area contributed by atoms with E-state index in [2.05, 4.69) is 22.1 Å². The number of hydrogen-bond donors (Lipinski definition) is 3. The zero-order valence-corrected chi connectivity index (χ0v) is 10.8. The number of urea groups is 1. The molecule has 100 valence electrons. The summed E-state index contributed by atoms with van der Waals surface area (Å²) in [4.78, 5) is 15.4. The van der Waals surface area contributed by atoms with E-state index in [1.807, 2.05) is 0 Å². The van der Waals surface area contributed by atoms with Gasteiger partial charge in [0.05, 0.1) is 5.69 Å². The summed E-state index contributed by atoms with van der Waals surface area (Å²) in [5.74, 6) is 1.12. The van der Waals surface area contributed by atoms with Crippen molar-refractivity contribution in [1.82, 2.24) is 20.2 Å². The molecular formula is C12H21N5O. The summed E-state index contributed by atoms with van der Waals surface area (Å²) in [5.41, 5.74) is 7.55. The van der Waals surface area contributed by atoms with E-state index in [9.17, 15) is 4.79 Å². The number of fused-ring (bicyclic) bond motifs is 1. The van der Waals surface area contributed by atoms with Crippen LogP contribution in [-0.4, -0.2) is 28.7 Å². The number of amides is 2. The highest BCUT2D eigenvalue weighted by Gasteiger charge is 2.18. The summed E-state index contributed by atoms with van der Waals surface area (Å²) in [7, 11) is 0. The predicted octanol–water partition coefficient (Wildman–Crippen LogP) is 0.150. The highest BCUT2D eigenvalue weighted by molar-refractivity contribution is 5.71. The first-order chi connectivity index (χ1) is 8.72. The lowest BCUT2D eigenvalue weighted by molar-refractivity contribution is 0.248. The molecule has 1 aliphatic rings. The number of aromatic nitrogens is 2. The summed E-state index contributed by atoms with van der Waals surface area (Å²) >= 11 is 0. The first-order valence-corrected chi connectivity index (χ1v) is 6.53. The molecule has 0 atom stereocenters. The second kappa shape index (κ2) is 5.86. The fourth-order valence-corrected chi connectivity index (χ4v) is 2.40. The van der Waals surface area contributed by atoms with E-state index in [4.69, 9.17) is 10.7 Å². The Morgan fingerprint density at radius 2 is 2.44 bits per heavy atom. The van der Waals surface area contributed by atoms with Gasteiger partial charge in [0.1, 0.15) is 5.82 Å². The van der Waals surface area contributed by atoms with Gasteiger partial charge in [-0.15, -0.1) is 0 Å². The fourth-order valence-electron chi connectivity index (χ4n) is 2.40. The Morgan fingerprint density at radius 1 is 1.61 bits per heavy atom. The second-order valence-electron chi connectivity index (χ2n) is 4.54. The Hall–Kier alpha value is -1.56. The average Bonchev–Trinajstić information content (AvgIpc) is 2.68. The fraction of sp³-hybridized carbons (Fsp3) is 0.667. The number of nitrogens with zero attached hydrogens (tertiary/aromatic N) is 2. The summed E-state index contributed by atoms with van der Waals surface area (Å²) in [6, 6.07) is -0.470. The molecule has 0 bridgehead atoms. The van der Waals surface area contributed by atoms with Gasteiger partial charge in [-0.25, -0.2) is 9.78 Å². The molecular weight excluding hydrogens is 230 g/mol. The van der Waals surface area contributed by atoms with Crippen molar-refractivity contribution in [2.24, 2.45) is 5.73 Å². The van der Waals surface area contributed by atoms with E-state index in [1.54, 1.807) is 0 Å². The molecule has 0 radical (unpaired) electrons. The number of nitrogens with one attached hydrogen (secondary N) is 2. The molecule has 1 aromatic heterocycles. The lowest BCUT2D eigenvalue weighted by atomic mass is 10.2. The van der Waals surface area contributed by atoms with Crippen molar-refractivity contribution in [2.45, 2.75) is 39.3 Å². The highest BCUT2D eigenvalue weighted by Crippen LogP contribution is 2.17. The first-order valence-electron chi connectivity index (χ1n) is 6.53. The van der Waals surface area contributed by atoms with Crippen LogP contribution in [0.2, 0.25) is 0 Å². The topological polar surface area (TPSA) is 85.0 Å². The third-order valence-corrected chi connectivity index (χ3v) is 3.17. The summed E-state index contributed by atoms with van der Waals surface area (Å²) in [6.45, 7) is 5.30. The van der Waals surface area contributed by atoms with Gasteiger partial charge in [-0.1, -0.05) is 6.92 Å². The van der Waals surface area contributed by atoms with Gasteiger partial charge in [0, 0.05) is 44.7 Å². The van der Waals surface area contributed by atoms with Gasteiger partial charge in [-0.2, -0.15) is 0 Å². The Bertz CT molecular complexity index is 426. The zero-order valence-electron chi connectivity index (χ0n) is 10.8. The minimum absolute atomic E-state index is 0.470. The molecule has 0 saturated heterocycles. The minimum atomic E-state index is -0.470. The average molecular weight is 251 g/mol. The van der Waals surface area contributed by atoms with Gasteiger partial charge < -0.3 is 20.9 Å². The number of imidazole rings is 1. The van der Waals surface area contributed by atoms with E-state index in [0.717, 1.165) is 50.4 Å². The molecule has 2 amide bonds. The standard InChI is InChI=1S/C12H21N5O/c1-2-3-11-16-9-8-14-5-4-10(9)17(11)7-6-15-12(13)18/h14H,2-8H2,1H3,(H3,13,15,18). The van der Waals surface area contributed by atoms with Crippen LogP contribution in [0, 0.1) is 0 Å². The molecule has 4 N–H and O–H groups in total. The lowest BCUT2D eigenvalue weighted by Crippen LogP contribution is -2.33. The van der Waals surface area contributed by atoms with Crippen LogP contribution in [0.5, 0.6) is 0 Å². The largest absolute Gasteiger partial charge is 0.352 e. The molecule has 1 aromatic rings. The smallest absolute Gasteiger partial charge is 0.312 e. The van der Waals surface area contributed by atoms with E-state index < -0.39 is 6.03 Å². The Balaban J connectivity index is 2.13. The lowest BCUT2D eigenvalue weighted by Gasteiger charge is -2.16. The number of hydrogen-bond acceptors (Lipinski definition) is 3. The van der Waals surface area contributed by atoms with E-state index in [-0.39, 0.29) is 0 Å². The maximum Gasteiger partial charge on any atom is 0.312 e. The van der Waals surface area contributed by atoms with Crippen molar-refractivity contribution >= 4 is 6.03 Å². The molecule has 0 saturated carbocycles. The molecule has 1 aliphatic heterocycles. The number of primary amides is 1. The monoisotopic (exact) mass is 251 g/mol. The normalized spacial score (nSPS) is 14.3. The highest BCUT2D eigenvalue weighted by atomic mass is 16.2. The molecule has 6 nitrogen and oxygen atoms in total. The van der Waals surface area contributed by atoms with Gasteiger partial charge in [-0.05, 0) is 6.42 Å². The van der Waals surface area contributed by atoms with Crippen LogP contribution in [0.25, 0.3) is 0 Å². The molecule has 0 aromatic carbocycles. The molecule has 18 heavy (non-hydrogen) atoms. The van der Waals surface area contributed by atoms with E-state index >= 15 is 0 Å². The number of aryl methyl sites for hydroxylation is 1. The number of carbonyl (C=O) groups excluding carboxylic acids is 1. The van der Waals surface area contributed by atoms with Crippen molar-refractivity contribution in [3.8, 4) is 0 Å². The van der Waals surface area contributed by atoms with Crippen LogP contribution in [0.1, 0.15) is 30.6 Å². The van der Waals surface area contributed by atoms with Crippen LogP contribution in [-0.2, 0) is 25.9 Å². The SMILES string of the molecule is CCCc1nc2c(n1CCNC(N)=O)CCNC2. The molecule has 0 fully saturated rings. The van der Waals surface area contributed by atoms with Crippen molar-refractivity contribution in [1.29, 1.82) is 0 Å². The van der Waals surface area contributed by atoms with Crippen LogP contribution in [0.3, 0.4) is 0 Å². The van der Waals surface area contributed by atoms with Crippen LogP contribution >= 0.6 is 0 Å². The van der Waals surface area contributed by atoms with Gasteiger partial charge >= 0.3 is 6.03 Å². The predicted molar refractivity (Wildman–Crippen MR) is 69.2 cm³/mol. The number of rotatable bonds is 5. The van der Waals surface area contributed by atoms with Gasteiger partial charge in [0.25, 0.3) is 0 Å². The van der Waals surface area contributed by atoms with Crippen molar-refractivity contribution in [3.63, 3.8) is 0 Å². The van der Waals surface area contributed by atoms with Crippen molar-refractivity contribution in [3.05, 3.63) is 17.2 Å². The third-order valence-electron chi connectivity index (χ3n) is 3.17. The third kappa shape index (κ3) is 2.81. The van der Waals surface area contributed by atoms with Crippen LogP contribution in [0.4, 0.5) is 4.79 Å². The van der Waals surface area contributed by atoms with Crippen LogP contribution < -0.4 is 16.4 Å². The van der Waals surface area contributed by atoms with Crippen LogP contribution in [0.15, 0.2) is 0 Å². The van der Waals surface area contributed by atoms with Gasteiger partial charge in [0.15, 0.2) is 0 Å². The molecule has 6 heteroatoms. The van der Waals surface area contributed by atoms with Crippen molar-refractivity contribution in [2.75, 3.05) is 13.1 Å². The molecule has 2 rings (SSSR count). The quantitative estimate of drug-likeness (QED) is 0.696. The molecule has 0 spiro atoms. The second-order valence-corrected chi connectivity index (χ2v) is 4.54. The first kappa shape index (κ1) is 12.9. The Labute approximate surface area is 107 Å². The van der Waals surface area contributed by atoms with Gasteiger partial charge in [-0.3, -0.25) is 0 Å². The minimum Gasteiger partial charge on any atom is -0.352 e. The summed E-state index contributed by atoms with van der Waals surface area (Å²) in [5, 5.41) is 5.97. The zero-order chi connectivity index (χ0) is 13.0. The summed E-state index contributed by atoms with van der Waals surface area (Å²) in [6.07, 6.45) is 3.05. The van der Waals surface area contributed by atoms with E-state index in [0.29, 0.717) is 6.54 Å². The summed E-state index contributed by atoms with van der Waals surface area (Å²) < 4.78 is 2.25. The van der Waals surface area contributed by atoms with Crippen molar-refractivity contribution < 1.29 is 4.79 Å². The maximum atomic E-state index is 10.7. The maximum absolute atomic E-state index is 10.7.